The number of hydrogen-bond acceptors (Lipinski definition) is 6. The summed E-state index contributed by atoms with van der Waals surface area (Å²) < 4.78 is 56.7. The topological polar surface area (TPSA) is 150 Å². The average molecular weight is 678 g/mol. The van der Waals surface area contributed by atoms with Gasteiger partial charge in [0.15, 0.2) is 0 Å². The predicted molar refractivity (Wildman–Crippen MR) is 174 cm³/mol. The SMILES string of the molecule is Cc1ccc(S(=O)(=O)N(CC(C)C)[C@@H](CCCCNC(=O)[C@H](Cc2ccccc2)NS(=O)(=O)c2ccc(Cl)cc2)C(=O)O)cc1. The number of sulfonamides is 2. The number of nitrogens with zero attached hydrogens (tertiary/aromatic N) is 1. The van der Waals surface area contributed by atoms with Crippen LogP contribution in [-0.4, -0.2) is 63.3 Å². The van der Waals surface area contributed by atoms with Crippen molar-refractivity contribution in [1.29, 1.82) is 0 Å². The molecule has 0 saturated heterocycles. The van der Waals surface area contributed by atoms with Crippen molar-refractivity contribution in [1.82, 2.24) is 14.3 Å². The van der Waals surface area contributed by atoms with Gasteiger partial charge in [-0.25, -0.2) is 16.8 Å². The smallest absolute Gasteiger partial charge is 0.322 e. The molecule has 0 aliphatic carbocycles. The van der Waals surface area contributed by atoms with Gasteiger partial charge in [-0.05, 0) is 80.5 Å². The summed E-state index contributed by atoms with van der Waals surface area (Å²) in [6.07, 6.45) is 0.772. The van der Waals surface area contributed by atoms with E-state index in [-0.39, 0.29) is 41.6 Å². The minimum absolute atomic E-state index is 0.0257. The van der Waals surface area contributed by atoms with E-state index in [1.165, 1.54) is 36.4 Å². The van der Waals surface area contributed by atoms with Crippen LogP contribution in [0.25, 0.3) is 0 Å². The summed E-state index contributed by atoms with van der Waals surface area (Å²) in [5.41, 5.74) is 1.63. The molecule has 0 saturated carbocycles. The van der Waals surface area contributed by atoms with E-state index < -0.39 is 44.0 Å². The van der Waals surface area contributed by atoms with Gasteiger partial charge in [0.1, 0.15) is 12.1 Å². The van der Waals surface area contributed by atoms with Crippen LogP contribution in [0.1, 0.15) is 44.2 Å². The largest absolute Gasteiger partial charge is 0.480 e. The van der Waals surface area contributed by atoms with Gasteiger partial charge in [0.05, 0.1) is 9.79 Å². The maximum atomic E-state index is 13.5. The summed E-state index contributed by atoms with van der Waals surface area (Å²) in [4.78, 5) is 25.5. The van der Waals surface area contributed by atoms with Crippen LogP contribution in [-0.2, 0) is 36.1 Å². The molecule has 0 spiro atoms. The molecule has 1 amide bonds. The van der Waals surface area contributed by atoms with Crippen LogP contribution in [0.4, 0.5) is 0 Å². The van der Waals surface area contributed by atoms with E-state index in [1.54, 1.807) is 36.4 Å². The van der Waals surface area contributed by atoms with Crippen LogP contribution in [0.5, 0.6) is 0 Å². The zero-order valence-corrected chi connectivity index (χ0v) is 27.9. The summed E-state index contributed by atoms with van der Waals surface area (Å²) in [5, 5.41) is 13.2. The molecule has 0 radical (unpaired) electrons. The van der Waals surface area contributed by atoms with E-state index >= 15 is 0 Å². The fourth-order valence-corrected chi connectivity index (χ4v) is 7.79. The first kappa shape index (κ1) is 36.2. The molecule has 3 N–H and O–H groups in total. The van der Waals surface area contributed by atoms with E-state index in [4.69, 9.17) is 11.6 Å². The van der Waals surface area contributed by atoms with E-state index in [0.717, 1.165) is 15.4 Å². The molecule has 10 nitrogen and oxygen atoms in total. The van der Waals surface area contributed by atoms with Crippen molar-refractivity contribution in [3.8, 4) is 0 Å². The first-order chi connectivity index (χ1) is 21.2. The zero-order valence-electron chi connectivity index (χ0n) is 25.5. The number of aryl methyl sites for hydroxylation is 1. The lowest BCUT2D eigenvalue weighted by Gasteiger charge is -2.29. The Labute approximate surface area is 270 Å². The predicted octanol–water partition coefficient (Wildman–Crippen LogP) is 4.62. The van der Waals surface area contributed by atoms with Crippen LogP contribution < -0.4 is 10.0 Å². The van der Waals surface area contributed by atoms with Crippen LogP contribution in [0, 0.1) is 12.8 Å². The third-order valence-corrected chi connectivity index (χ3v) is 10.7. The lowest BCUT2D eigenvalue weighted by molar-refractivity contribution is -0.142. The fraction of sp³-hybridized carbons (Fsp3) is 0.375. The molecule has 0 bridgehead atoms. The number of aliphatic carboxylic acids is 1. The van der Waals surface area contributed by atoms with Gasteiger partial charge in [-0.1, -0.05) is 73.5 Å². The number of halogens is 1. The third kappa shape index (κ3) is 10.6. The molecule has 13 heteroatoms. The molecule has 3 aromatic carbocycles. The Morgan fingerprint density at radius 3 is 2.04 bits per heavy atom. The molecular formula is C32H40ClN3O7S2. The summed E-state index contributed by atoms with van der Waals surface area (Å²) in [5.74, 6) is -1.92. The number of carbonyl (C=O) groups excluding carboxylic acids is 1. The Morgan fingerprint density at radius 1 is 0.867 bits per heavy atom. The Kier molecular flexibility index (Phi) is 13.1. The molecule has 0 unspecified atom stereocenters. The van der Waals surface area contributed by atoms with Crippen molar-refractivity contribution >= 4 is 43.5 Å². The Bertz CT molecular complexity index is 1630. The summed E-state index contributed by atoms with van der Waals surface area (Å²) in [6.45, 7) is 5.63. The van der Waals surface area contributed by atoms with Gasteiger partial charge in [-0.2, -0.15) is 9.03 Å². The minimum atomic E-state index is -4.09. The van der Waals surface area contributed by atoms with Gasteiger partial charge in [-0.15, -0.1) is 0 Å². The zero-order chi connectivity index (χ0) is 33.2. The highest BCUT2D eigenvalue weighted by molar-refractivity contribution is 7.89. The number of amides is 1. The molecule has 0 aliphatic rings. The molecule has 0 fully saturated rings. The standard InChI is InChI=1S/C32H40ClN3O7S2/c1-23(2)22-36(45(42,43)28-16-12-24(3)13-17-28)30(32(38)39)11-7-8-20-34-31(37)29(21-25-9-5-4-6-10-25)35-44(40,41)27-18-14-26(33)15-19-27/h4-6,9-10,12-19,23,29-30,35H,7-8,11,20-22H2,1-3H3,(H,34,37)(H,38,39)/t29-,30-/m0/s1. The van der Waals surface area contributed by atoms with Gasteiger partial charge in [0.25, 0.3) is 0 Å². The van der Waals surface area contributed by atoms with Crippen molar-refractivity contribution in [3.05, 3.63) is 95.0 Å². The number of rotatable bonds is 17. The number of carboxylic acid groups (broad SMARTS) is 1. The second-order valence-corrected chi connectivity index (χ2v) is 15.3. The average Bonchev–Trinajstić information content (AvgIpc) is 2.98. The first-order valence-corrected chi connectivity index (χ1v) is 17.9. The van der Waals surface area contributed by atoms with E-state index in [1.807, 2.05) is 26.8 Å². The quantitative estimate of drug-likeness (QED) is 0.176. The molecule has 0 aromatic heterocycles. The number of carboxylic acids is 1. The second kappa shape index (κ2) is 16.3. The van der Waals surface area contributed by atoms with Gasteiger partial charge in [-0.3, -0.25) is 9.59 Å². The molecule has 45 heavy (non-hydrogen) atoms. The highest BCUT2D eigenvalue weighted by Gasteiger charge is 2.36. The Balaban J connectivity index is 1.67. The van der Waals surface area contributed by atoms with E-state index in [0.29, 0.717) is 17.9 Å². The number of carbonyl (C=O) groups is 2. The van der Waals surface area contributed by atoms with Crippen molar-refractivity contribution in [2.24, 2.45) is 5.92 Å². The lowest BCUT2D eigenvalue weighted by atomic mass is 10.1. The van der Waals surface area contributed by atoms with E-state index in [2.05, 4.69) is 10.0 Å². The Hall–Kier alpha value is -3.29. The number of hydrogen-bond donors (Lipinski definition) is 3. The summed E-state index contributed by atoms with van der Waals surface area (Å²) in [6, 6.07) is 18.4. The molecule has 3 rings (SSSR count). The lowest BCUT2D eigenvalue weighted by Crippen LogP contribution is -2.48. The molecule has 3 aromatic rings. The van der Waals surface area contributed by atoms with Crippen LogP contribution >= 0.6 is 11.6 Å². The molecule has 0 heterocycles. The van der Waals surface area contributed by atoms with Crippen LogP contribution in [0.15, 0.2) is 88.7 Å². The second-order valence-electron chi connectivity index (χ2n) is 11.2. The number of unbranched alkanes of at least 4 members (excludes halogenated alkanes) is 1. The third-order valence-electron chi connectivity index (χ3n) is 7.03. The number of benzene rings is 3. The van der Waals surface area contributed by atoms with Crippen LogP contribution in [0.2, 0.25) is 5.02 Å². The van der Waals surface area contributed by atoms with Crippen molar-refractivity contribution in [3.63, 3.8) is 0 Å². The van der Waals surface area contributed by atoms with E-state index in [9.17, 15) is 31.5 Å². The fourth-order valence-electron chi connectivity index (χ4n) is 4.69. The molecule has 244 valence electrons. The van der Waals surface area contributed by atoms with Gasteiger partial charge >= 0.3 is 5.97 Å². The first-order valence-electron chi connectivity index (χ1n) is 14.6. The molecule has 2 atom stereocenters. The van der Waals surface area contributed by atoms with Crippen molar-refractivity contribution < 1.29 is 31.5 Å². The number of nitrogens with one attached hydrogen (secondary N) is 2. The normalized spacial score (nSPS) is 13.5. The van der Waals surface area contributed by atoms with Gasteiger partial charge in [0.2, 0.25) is 26.0 Å². The molecular weight excluding hydrogens is 638 g/mol. The monoisotopic (exact) mass is 677 g/mol. The maximum Gasteiger partial charge on any atom is 0.322 e. The summed E-state index contributed by atoms with van der Waals surface area (Å²) in [7, 11) is -8.14. The maximum absolute atomic E-state index is 13.5. The summed E-state index contributed by atoms with van der Waals surface area (Å²) >= 11 is 5.90. The van der Waals surface area contributed by atoms with Crippen LogP contribution in [0.3, 0.4) is 0 Å². The van der Waals surface area contributed by atoms with Gasteiger partial charge in [0, 0.05) is 18.1 Å². The van der Waals surface area contributed by atoms with Gasteiger partial charge < -0.3 is 10.4 Å². The highest BCUT2D eigenvalue weighted by atomic mass is 35.5. The minimum Gasteiger partial charge on any atom is -0.480 e. The van der Waals surface area contributed by atoms with Crippen molar-refractivity contribution in [2.75, 3.05) is 13.1 Å². The van der Waals surface area contributed by atoms with Crippen molar-refractivity contribution in [2.45, 2.75) is 68.3 Å². The molecule has 0 aliphatic heterocycles. The Morgan fingerprint density at radius 2 is 1.47 bits per heavy atom. The highest BCUT2D eigenvalue weighted by Crippen LogP contribution is 2.23.